The Morgan fingerprint density at radius 1 is 1.04 bits per heavy atom. The van der Waals surface area contributed by atoms with E-state index in [1.54, 1.807) is 16.7 Å². The zero-order valence-electron chi connectivity index (χ0n) is 14.8. The molecular weight excluding hydrogens is 352 g/mol. The quantitative estimate of drug-likeness (QED) is 0.712. The zero-order valence-corrected chi connectivity index (χ0v) is 14.8. The summed E-state index contributed by atoms with van der Waals surface area (Å²) < 4.78 is 28.8. The van der Waals surface area contributed by atoms with Crippen molar-refractivity contribution in [2.24, 2.45) is 7.05 Å². The van der Waals surface area contributed by atoms with E-state index in [1.165, 1.54) is 18.3 Å². The molecule has 0 amide bonds. The molecular formula is C18H19F2N7. The molecule has 0 unspecified atom stereocenters. The highest BCUT2D eigenvalue weighted by atomic mass is 19.1. The van der Waals surface area contributed by atoms with E-state index < -0.39 is 11.9 Å². The van der Waals surface area contributed by atoms with E-state index in [0.29, 0.717) is 30.4 Å². The van der Waals surface area contributed by atoms with Gasteiger partial charge in [0.25, 0.3) is 0 Å². The Morgan fingerprint density at radius 3 is 2.41 bits per heavy atom. The van der Waals surface area contributed by atoms with Crippen LogP contribution in [0.2, 0.25) is 0 Å². The van der Waals surface area contributed by atoms with Crippen LogP contribution in [0.5, 0.6) is 0 Å². The van der Waals surface area contributed by atoms with Gasteiger partial charge >= 0.3 is 0 Å². The third kappa shape index (κ3) is 3.32. The number of nitrogen functional groups attached to an aromatic ring is 1. The predicted octanol–water partition coefficient (Wildman–Crippen LogP) is 2.52. The van der Waals surface area contributed by atoms with Gasteiger partial charge in [0, 0.05) is 43.4 Å². The maximum absolute atomic E-state index is 13.8. The fourth-order valence-electron chi connectivity index (χ4n) is 3.49. The highest BCUT2D eigenvalue weighted by Crippen LogP contribution is 2.34. The van der Waals surface area contributed by atoms with Crippen LogP contribution in [0.25, 0.3) is 11.1 Å². The standard InChI is InChI=1S/C18H19F2N7/c1-26-16(24-25-18(26)21)11-6-8-27(9-7-11)17-13(3-5-15(20)23-17)12-2-4-14(19)22-10-12/h2-5,10-11H,6-9H2,1H3,(H2,21,25). The number of nitrogens with two attached hydrogens (primary N) is 1. The minimum atomic E-state index is -0.556. The van der Waals surface area contributed by atoms with Crippen LogP contribution in [0, 0.1) is 11.9 Å². The second kappa shape index (κ2) is 6.90. The number of nitrogens with zero attached hydrogens (tertiary/aromatic N) is 6. The lowest BCUT2D eigenvalue weighted by Crippen LogP contribution is -2.34. The SMILES string of the molecule is Cn1c(N)nnc1C1CCN(c2nc(F)ccc2-c2ccc(F)nc2)CC1. The number of piperidine rings is 1. The van der Waals surface area contributed by atoms with Gasteiger partial charge in [-0.3, -0.25) is 0 Å². The van der Waals surface area contributed by atoms with Gasteiger partial charge in [-0.2, -0.15) is 8.78 Å². The highest BCUT2D eigenvalue weighted by molar-refractivity contribution is 5.75. The Labute approximate surface area is 154 Å². The molecule has 0 saturated carbocycles. The van der Waals surface area contributed by atoms with E-state index in [2.05, 4.69) is 20.2 Å². The Morgan fingerprint density at radius 2 is 1.78 bits per heavy atom. The molecule has 1 aliphatic heterocycles. The third-order valence-electron chi connectivity index (χ3n) is 4.98. The minimum Gasteiger partial charge on any atom is -0.368 e. The molecule has 4 rings (SSSR count). The lowest BCUT2D eigenvalue weighted by atomic mass is 9.95. The molecule has 0 atom stereocenters. The Kier molecular flexibility index (Phi) is 4.43. The molecule has 0 bridgehead atoms. The van der Waals surface area contributed by atoms with Crippen molar-refractivity contribution in [2.45, 2.75) is 18.8 Å². The maximum atomic E-state index is 13.8. The smallest absolute Gasteiger partial charge is 0.221 e. The van der Waals surface area contributed by atoms with Gasteiger partial charge in [-0.25, -0.2) is 9.97 Å². The summed E-state index contributed by atoms with van der Waals surface area (Å²) in [6, 6.07) is 5.86. The molecule has 0 radical (unpaired) electrons. The minimum absolute atomic E-state index is 0.237. The molecule has 0 aliphatic carbocycles. The van der Waals surface area contributed by atoms with Crippen molar-refractivity contribution in [3.05, 3.63) is 48.2 Å². The van der Waals surface area contributed by atoms with Crippen LogP contribution in [-0.2, 0) is 7.05 Å². The van der Waals surface area contributed by atoms with Gasteiger partial charge in [0.1, 0.15) is 11.6 Å². The van der Waals surface area contributed by atoms with E-state index in [0.717, 1.165) is 24.2 Å². The van der Waals surface area contributed by atoms with Crippen molar-refractivity contribution in [3.8, 4) is 11.1 Å². The Balaban J connectivity index is 1.58. The molecule has 2 N–H and O–H groups in total. The summed E-state index contributed by atoms with van der Waals surface area (Å²) in [6.45, 7) is 1.38. The van der Waals surface area contributed by atoms with Gasteiger partial charge in [0.05, 0.1) is 0 Å². The van der Waals surface area contributed by atoms with Gasteiger partial charge in [0.15, 0.2) is 0 Å². The normalized spacial score (nSPS) is 15.3. The van der Waals surface area contributed by atoms with E-state index in [-0.39, 0.29) is 5.92 Å². The van der Waals surface area contributed by atoms with Crippen LogP contribution < -0.4 is 10.6 Å². The van der Waals surface area contributed by atoms with Crippen molar-refractivity contribution in [3.63, 3.8) is 0 Å². The van der Waals surface area contributed by atoms with E-state index >= 15 is 0 Å². The van der Waals surface area contributed by atoms with E-state index in [9.17, 15) is 8.78 Å². The maximum Gasteiger partial charge on any atom is 0.221 e. The Bertz CT molecular complexity index is 947. The summed E-state index contributed by atoms with van der Waals surface area (Å²) in [7, 11) is 1.85. The first-order valence-electron chi connectivity index (χ1n) is 8.71. The molecule has 3 aromatic rings. The van der Waals surface area contributed by atoms with Crippen molar-refractivity contribution in [1.82, 2.24) is 24.7 Å². The predicted molar refractivity (Wildman–Crippen MR) is 97.0 cm³/mol. The summed E-state index contributed by atoms with van der Waals surface area (Å²) >= 11 is 0. The van der Waals surface area contributed by atoms with Crippen molar-refractivity contribution in [2.75, 3.05) is 23.7 Å². The first-order chi connectivity index (χ1) is 13.0. The highest BCUT2D eigenvalue weighted by Gasteiger charge is 2.27. The third-order valence-corrected chi connectivity index (χ3v) is 4.98. The Hall–Kier alpha value is -3.10. The zero-order chi connectivity index (χ0) is 19.0. The van der Waals surface area contributed by atoms with Gasteiger partial charge < -0.3 is 15.2 Å². The van der Waals surface area contributed by atoms with Crippen LogP contribution in [0.4, 0.5) is 20.5 Å². The molecule has 0 spiro atoms. The monoisotopic (exact) mass is 371 g/mol. The largest absolute Gasteiger partial charge is 0.368 e. The van der Waals surface area contributed by atoms with Crippen molar-refractivity contribution < 1.29 is 8.78 Å². The van der Waals surface area contributed by atoms with Gasteiger partial charge in [0.2, 0.25) is 17.8 Å². The fraction of sp³-hybridized carbons (Fsp3) is 0.333. The number of pyridine rings is 2. The van der Waals surface area contributed by atoms with Gasteiger partial charge in [-0.05, 0) is 37.1 Å². The molecule has 7 nitrogen and oxygen atoms in total. The second-order valence-corrected chi connectivity index (χ2v) is 6.61. The summed E-state index contributed by atoms with van der Waals surface area (Å²) in [4.78, 5) is 9.83. The fourth-order valence-corrected chi connectivity index (χ4v) is 3.49. The molecule has 4 heterocycles. The number of aromatic nitrogens is 5. The molecule has 1 saturated heterocycles. The average molecular weight is 371 g/mol. The second-order valence-electron chi connectivity index (χ2n) is 6.61. The number of hydrogen-bond acceptors (Lipinski definition) is 6. The van der Waals surface area contributed by atoms with Crippen molar-refractivity contribution in [1.29, 1.82) is 0 Å². The number of hydrogen-bond donors (Lipinski definition) is 1. The molecule has 1 fully saturated rings. The van der Waals surface area contributed by atoms with Crippen LogP contribution in [0.15, 0.2) is 30.5 Å². The van der Waals surface area contributed by atoms with E-state index in [4.69, 9.17) is 5.73 Å². The number of halogens is 2. The first-order valence-corrected chi connectivity index (χ1v) is 8.71. The van der Waals surface area contributed by atoms with Crippen molar-refractivity contribution >= 4 is 11.8 Å². The van der Waals surface area contributed by atoms with Crippen LogP contribution in [0.3, 0.4) is 0 Å². The molecule has 27 heavy (non-hydrogen) atoms. The lowest BCUT2D eigenvalue weighted by Gasteiger charge is -2.33. The molecule has 140 valence electrons. The first kappa shape index (κ1) is 17.3. The molecule has 1 aliphatic rings. The number of rotatable bonds is 3. The molecule has 0 aromatic carbocycles. The van der Waals surface area contributed by atoms with Crippen LogP contribution in [0.1, 0.15) is 24.6 Å². The van der Waals surface area contributed by atoms with Crippen LogP contribution in [-0.4, -0.2) is 37.8 Å². The molecule has 9 heteroatoms. The summed E-state index contributed by atoms with van der Waals surface area (Å²) in [6.07, 6.45) is 3.08. The van der Waals surface area contributed by atoms with E-state index in [1.807, 2.05) is 11.9 Å². The van der Waals surface area contributed by atoms with Crippen LogP contribution >= 0.6 is 0 Å². The lowest BCUT2D eigenvalue weighted by molar-refractivity contribution is 0.470. The average Bonchev–Trinajstić information content (AvgIpc) is 3.01. The number of anilines is 2. The summed E-state index contributed by atoms with van der Waals surface area (Å²) in [5, 5.41) is 8.09. The molecule has 3 aromatic heterocycles. The van der Waals surface area contributed by atoms with Gasteiger partial charge in [-0.1, -0.05) is 0 Å². The summed E-state index contributed by atoms with van der Waals surface area (Å²) in [5.74, 6) is 0.929. The van der Waals surface area contributed by atoms with Gasteiger partial charge in [-0.15, -0.1) is 10.2 Å². The topological polar surface area (TPSA) is 85.8 Å². The summed E-state index contributed by atoms with van der Waals surface area (Å²) in [5.41, 5.74) is 7.20.